The lowest BCUT2D eigenvalue weighted by atomic mass is 9.97. The van der Waals surface area contributed by atoms with Crippen molar-refractivity contribution < 1.29 is 4.42 Å². The van der Waals surface area contributed by atoms with Gasteiger partial charge in [0.15, 0.2) is 0 Å². The van der Waals surface area contributed by atoms with Gasteiger partial charge in [-0.2, -0.15) is 0 Å². The van der Waals surface area contributed by atoms with Crippen molar-refractivity contribution in [3.8, 4) is 33.4 Å². The van der Waals surface area contributed by atoms with Crippen molar-refractivity contribution in [1.29, 1.82) is 0 Å². The standard InChI is InChI=1S/C53H35NOS/c1-2-12-37-31-38(24-23-35(37)11-1)36-25-28-42(29-26-36)54(43-15-9-14-39(32-43)45-19-10-20-49-48-18-6-8-22-52(48)56-53(45)49)34-41-13-3-4-16-44(41)40-27-30-47-46-17-5-7-21-50(46)55-51(47)33-40/h1-33H,34H2. The molecule has 0 radical (unpaired) electrons. The first-order valence-corrected chi connectivity index (χ1v) is 19.9. The first-order valence-electron chi connectivity index (χ1n) is 19.1. The van der Waals surface area contributed by atoms with Crippen molar-refractivity contribution in [2.24, 2.45) is 0 Å². The Labute approximate surface area is 329 Å². The topological polar surface area (TPSA) is 16.4 Å². The summed E-state index contributed by atoms with van der Waals surface area (Å²) in [4.78, 5) is 2.46. The fourth-order valence-electron chi connectivity index (χ4n) is 8.35. The maximum Gasteiger partial charge on any atom is 0.136 e. The minimum atomic E-state index is 0.681. The Morgan fingerprint density at radius 3 is 2.00 bits per heavy atom. The van der Waals surface area contributed by atoms with Crippen LogP contribution in [0.25, 0.3) is 86.3 Å². The van der Waals surface area contributed by atoms with Crippen LogP contribution in [0, 0.1) is 0 Å². The van der Waals surface area contributed by atoms with Crippen molar-refractivity contribution in [3.05, 3.63) is 206 Å². The molecule has 0 amide bonds. The maximum atomic E-state index is 6.34. The Bertz CT molecular complexity index is 3240. The largest absolute Gasteiger partial charge is 0.456 e. The van der Waals surface area contributed by atoms with E-state index in [1.54, 1.807) is 0 Å². The first kappa shape index (κ1) is 32.5. The van der Waals surface area contributed by atoms with Crippen molar-refractivity contribution >= 4 is 75.6 Å². The number of benzene rings is 9. The van der Waals surface area contributed by atoms with Crippen LogP contribution in [0.15, 0.2) is 205 Å². The van der Waals surface area contributed by atoms with Gasteiger partial charge < -0.3 is 9.32 Å². The minimum absolute atomic E-state index is 0.681. The molecule has 0 spiro atoms. The Morgan fingerprint density at radius 2 is 1.07 bits per heavy atom. The SMILES string of the molecule is c1cc(-c2cccc3c2sc2ccccc23)cc(N(Cc2ccccc2-c2ccc3c(c2)oc2ccccc23)c2ccc(-c3ccc4ccccc4c3)cc2)c1. The smallest absolute Gasteiger partial charge is 0.136 e. The number of fused-ring (bicyclic) bond motifs is 7. The summed E-state index contributed by atoms with van der Waals surface area (Å²) < 4.78 is 8.98. The second-order valence-corrected chi connectivity index (χ2v) is 15.5. The van der Waals surface area contributed by atoms with Gasteiger partial charge >= 0.3 is 0 Å². The lowest BCUT2D eigenvalue weighted by Gasteiger charge is -2.27. The van der Waals surface area contributed by atoms with Crippen molar-refractivity contribution in [2.75, 3.05) is 4.90 Å². The van der Waals surface area contributed by atoms with Crippen LogP contribution in [0.4, 0.5) is 11.4 Å². The Hall–Kier alpha value is -6.94. The zero-order valence-electron chi connectivity index (χ0n) is 30.5. The summed E-state index contributed by atoms with van der Waals surface area (Å²) in [6, 6.07) is 72.5. The number of hydrogen-bond donors (Lipinski definition) is 0. The summed E-state index contributed by atoms with van der Waals surface area (Å²) >= 11 is 1.88. The van der Waals surface area contributed by atoms with Crippen LogP contribution in [0.1, 0.15) is 5.56 Å². The number of rotatable bonds is 7. The Morgan fingerprint density at radius 1 is 0.393 bits per heavy atom. The lowest BCUT2D eigenvalue weighted by molar-refractivity contribution is 0.669. The van der Waals surface area contributed by atoms with E-state index in [4.69, 9.17) is 4.42 Å². The van der Waals surface area contributed by atoms with Crippen molar-refractivity contribution in [2.45, 2.75) is 6.54 Å². The van der Waals surface area contributed by atoms with E-state index in [0.717, 1.165) is 38.9 Å². The van der Waals surface area contributed by atoms with E-state index >= 15 is 0 Å². The highest BCUT2D eigenvalue weighted by Gasteiger charge is 2.18. The molecule has 2 heterocycles. The van der Waals surface area contributed by atoms with E-state index in [-0.39, 0.29) is 0 Å². The van der Waals surface area contributed by atoms with E-state index in [1.807, 2.05) is 23.5 Å². The van der Waals surface area contributed by atoms with Crippen LogP contribution in [0.5, 0.6) is 0 Å². The van der Waals surface area contributed by atoms with Crippen LogP contribution in [0.2, 0.25) is 0 Å². The summed E-state index contributed by atoms with van der Waals surface area (Å²) in [6.45, 7) is 0.681. The Balaban J connectivity index is 1.02. The van der Waals surface area contributed by atoms with Gasteiger partial charge in [-0.1, -0.05) is 146 Å². The predicted molar refractivity (Wildman–Crippen MR) is 239 cm³/mol. The highest BCUT2D eigenvalue weighted by molar-refractivity contribution is 7.26. The van der Waals surface area contributed by atoms with E-state index < -0.39 is 0 Å². The lowest BCUT2D eigenvalue weighted by Crippen LogP contribution is -2.17. The number of hydrogen-bond acceptors (Lipinski definition) is 3. The molecule has 56 heavy (non-hydrogen) atoms. The molecular formula is C53H35NOS. The van der Waals surface area contributed by atoms with Gasteiger partial charge in [-0.05, 0) is 104 Å². The number of thiophene rings is 1. The van der Waals surface area contributed by atoms with Crippen LogP contribution < -0.4 is 4.90 Å². The predicted octanol–water partition coefficient (Wildman–Crippen LogP) is 15.4. The number of nitrogens with zero attached hydrogens (tertiary/aromatic N) is 1. The molecule has 0 aliphatic heterocycles. The van der Waals surface area contributed by atoms with Gasteiger partial charge in [0.25, 0.3) is 0 Å². The summed E-state index contributed by atoms with van der Waals surface area (Å²) in [6.07, 6.45) is 0. The molecule has 0 aliphatic rings. The van der Waals surface area contributed by atoms with E-state index in [2.05, 4.69) is 193 Å². The molecule has 9 aromatic carbocycles. The average molecular weight is 734 g/mol. The third-order valence-electron chi connectivity index (χ3n) is 11.2. The molecule has 2 aromatic heterocycles. The second kappa shape index (κ2) is 13.4. The molecule has 11 rings (SSSR count). The van der Waals surface area contributed by atoms with Gasteiger partial charge in [0.2, 0.25) is 0 Å². The molecule has 11 aromatic rings. The molecule has 0 bridgehead atoms. The Kier molecular flexibility index (Phi) is 7.78. The third-order valence-corrected chi connectivity index (χ3v) is 12.4. The van der Waals surface area contributed by atoms with Crippen LogP contribution in [-0.2, 0) is 6.54 Å². The highest BCUT2D eigenvalue weighted by atomic mass is 32.1. The highest BCUT2D eigenvalue weighted by Crippen LogP contribution is 2.42. The van der Waals surface area contributed by atoms with Crippen LogP contribution >= 0.6 is 11.3 Å². The third kappa shape index (κ3) is 5.64. The maximum absolute atomic E-state index is 6.34. The molecule has 0 aliphatic carbocycles. The minimum Gasteiger partial charge on any atom is -0.456 e. The van der Waals surface area contributed by atoms with E-state index in [0.29, 0.717) is 6.54 Å². The van der Waals surface area contributed by atoms with Gasteiger partial charge in [0.05, 0.1) is 0 Å². The average Bonchev–Trinajstić information content (AvgIpc) is 3.84. The molecular weight excluding hydrogens is 699 g/mol. The summed E-state index contributed by atoms with van der Waals surface area (Å²) in [5, 5.41) is 7.41. The molecule has 3 heteroatoms. The van der Waals surface area contributed by atoms with Gasteiger partial charge in [-0.25, -0.2) is 0 Å². The van der Waals surface area contributed by atoms with Gasteiger partial charge in [-0.15, -0.1) is 11.3 Å². The molecule has 2 nitrogen and oxygen atoms in total. The molecule has 0 saturated heterocycles. The summed E-state index contributed by atoms with van der Waals surface area (Å²) in [5.74, 6) is 0. The second-order valence-electron chi connectivity index (χ2n) is 14.5. The monoisotopic (exact) mass is 733 g/mol. The van der Waals surface area contributed by atoms with Crippen molar-refractivity contribution in [3.63, 3.8) is 0 Å². The molecule has 0 saturated carbocycles. The van der Waals surface area contributed by atoms with E-state index in [1.165, 1.54) is 64.3 Å². The fraction of sp³-hybridized carbons (Fsp3) is 0.0189. The summed E-state index contributed by atoms with van der Waals surface area (Å²) in [7, 11) is 0. The zero-order valence-corrected chi connectivity index (χ0v) is 31.3. The zero-order chi connectivity index (χ0) is 37.0. The first-order chi connectivity index (χ1) is 27.7. The number of furan rings is 1. The summed E-state index contributed by atoms with van der Waals surface area (Å²) in [5.41, 5.74) is 12.5. The van der Waals surface area contributed by atoms with E-state index in [9.17, 15) is 0 Å². The normalized spacial score (nSPS) is 11.6. The molecule has 0 atom stereocenters. The van der Waals surface area contributed by atoms with Gasteiger partial charge in [0, 0.05) is 48.9 Å². The van der Waals surface area contributed by atoms with Crippen molar-refractivity contribution in [1.82, 2.24) is 0 Å². The molecule has 264 valence electrons. The van der Waals surface area contributed by atoms with Crippen LogP contribution in [0.3, 0.4) is 0 Å². The van der Waals surface area contributed by atoms with Gasteiger partial charge in [-0.3, -0.25) is 0 Å². The number of anilines is 2. The van der Waals surface area contributed by atoms with Gasteiger partial charge in [0.1, 0.15) is 11.2 Å². The molecule has 0 unspecified atom stereocenters. The molecule has 0 N–H and O–H groups in total. The molecule has 0 fully saturated rings. The van der Waals surface area contributed by atoms with Crippen LogP contribution in [-0.4, -0.2) is 0 Å². The number of para-hydroxylation sites is 1. The fourth-order valence-corrected chi connectivity index (χ4v) is 9.59. The quantitative estimate of drug-likeness (QED) is 0.162.